The molecule has 1 saturated heterocycles. The van der Waals surface area contributed by atoms with Crippen LogP contribution in [-0.2, 0) is 4.74 Å². The maximum atomic E-state index is 6.23. The van der Waals surface area contributed by atoms with Crippen LogP contribution in [0.1, 0.15) is 25.5 Å². The first-order valence-corrected chi connectivity index (χ1v) is 6.93. The van der Waals surface area contributed by atoms with Crippen molar-refractivity contribution >= 4 is 27.5 Å². The van der Waals surface area contributed by atoms with Crippen LogP contribution in [0, 0.1) is 5.41 Å². The van der Waals surface area contributed by atoms with E-state index in [1.54, 1.807) is 0 Å². The number of benzene rings is 1. The highest BCUT2D eigenvalue weighted by molar-refractivity contribution is 9.10. The molecule has 2 nitrogen and oxygen atoms in total. The fourth-order valence-corrected chi connectivity index (χ4v) is 2.75. The Bertz CT molecular complexity index is 406. The van der Waals surface area contributed by atoms with Crippen LogP contribution in [0.4, 0.5) is 0 Å². The topological polar surface area (TPSA) is 21.3 Å². The van der Waals surface area contributed by atoms with Crippen LogP contribution in [0.25, 0.3) is 0 Å². The lowest BCUT2D eigenvalue weighted by molar-refractivity contribution is -0.0999. The Morgan fingerprint density at radius 2 is 2.24 bits per heavy atom. The minimum atomic E-state index is 0.257. The van der Waals surface area contributed by atoms with Crippen LogP contribution in [0.3, 0.4) is 0 Å². The first-order valence-electron chi connectivity index (χ1n) is 5.76. The fraction of sp³-hybridized carbons (Fsp3) is 0.538. The van der Waals surface area contributed by atoms with Gasteiger partial charge in [0.25, 0.3) is 0 Å². The number of ether oxygens (including phenoxy) is 1. The number of rotatable bonds is 4. The van der Waals surface area contributed by atoms with Gasteiger partial charge in [-0.15, -0.1) is 0 Å². The van der Waals surface area contributed by atoms with E-state index in [2.05, 4.69) is 41.2 Å². The SMILES string of the molecule is CC(NCC1(C)COC1)c1ccc(Br)cc1Cl. The summed E-state index contributed by atoms with van der Waals surface area (Å²) in [6, 6.07) is 6.27. The molecule has 1 unspecified atom stereocenters. The monoisotopic (exact) mass is 317 g/mol. The van der Waals surface area contributed by atoms with Crippen LogP contribution in [-0.4, -0.2) is 19.8 Å². The normalized spacial score (nSPS) is 19.8. The highest BCUT2D eigenvalue weighted by atomic mass is 79.9. The summed E-state index contributed by atoms with van der Waals surface area (Å²) in [6.45, 7) is 7.03. The molecule has 0 aliphatic carbocycles. The van der Waals surface area contributed by atoms with Crippen LogP contribution < -0.4 is 5.32 Å². The predicted molar refractivity (Wildman–Crippen MR) is 74.5 cm³/mol. The maximum absolute atomic E-state index is 6.23. The summed E-state index contributed by atoms with van der Waals surface area (Å²) in [5.74, 6) is 0. The van der Waals surface area contributed by atoms with Gasteiger partial charge in [-0.3, -0.25) is 0 Å². The minimum Gasteiger partial charge on any atom is -0.380 e. The van der Waals surface area contributed by atoms with Crippen molar-refractivity contribution in [2.45, 2.75) is 19.9 Å². The summed E-state index contributed by atoms with van der Waals surface area (Å²) >= 11 is 9.64. The molecule has 1 heterocycles. The Morgan fingerprint density at radius 3 is 2.76 bits per heavy atom. The zero-order valence-corrected chi connectivity index (χ0v) is 12.4. The van der Waals surface area contributed by atoms with Gasteiger partial charge >= 0.3 is 0 Å². The molecule has 94 valence electrons. The Hall–Kier alpha value is -0.0900. The van der Waals surface area contributed by atoms with Gasteiger partial charge in [-0.2, -0.15) is 0 Å². The molecule has 0 amide bonds. The number of hydrogen-bond donors (Lipinski definition) is 1. The molecule has 1 aliphatic rings. The summed E-state index contributed by atoms with van der Waals surface area (Å²) < 4.78 is 6.25. The molecule has 0 aromatic heterocycles. The summed E-state index contributed by atoms with van der Waals surface area (Å²) in [5.41, 5.74) is 1.43. The molecule has 1 atom stereocenters. The first-order chi connectivity index (χ1) is 8.00. The zero-order valence-electron chi connectivity index (χ0n) is 10.1. The van der Waals surface area contributed by atoms with Gasteiger partial charge in [-0.05, 0) is 24.6 Å². The molecular formula is C13H17BrClNO. The molecule has 1 fully saturated rings. The van der Waals surface area contributed by atoms with Crippen molar-refractivity contribution in [2.75, 3.05) is 19.8 Å². The summed E-state index contributed by atoms with van der Waals surface area (Å²) in [7, 11) is 0. The quantitative estimate of drug-likeness (QED) is 0.912. The van der Waals surface area contributed by atoms with E-state index in [-0.39, 0.29) is 11.5 Å². The highest BCUT2D eigenvalue weighted by Crippen LogP contribution is 2.29. The van der Waals surface area contributed by atoms with E-state index in [4.69, 9.17) is 16.3 Å². The Kier molecular flexibility index (Phi) is 4.14. The number of halogens is 2. The Balaban J connectivity index is 1.96. The smallest absolute Gasteiger partial charge is 0.0554 e. The van der Waals surface area contributed by atoms with Crippen molar-refractivity contribution in [1.82, 2.24) is 5.32 Å². The Labute approximate surface area is 116 Å². The third kappa shape index (κ3) is 3.22. The molecule has 1 N–H and O–H groups in total. The van der Waals surface area contributed by atoms with Gasteiger partial charge in [0.1, 0.15) is 0 Å². The van der Waals surface area contributed by atoms with E-state index in [0.29, 0.717) is 0 Å². The second-order valence-corrected chi connectivity index (χ2v) is 6.39. The van der Waals surface area contributed by atoms with Crippen LogP contribution in [0.5, 0.6) is 0 Å². The highest BCUT2D eigenvalue weighted by Gasteiger charge is 2.33. The van der Waals surface area contributed by atoms with E-state index in [1.165, 1.54) is 0 Å². The van der Waals surface area contributed by atoms with E-state index in [0.717, 1.165) is 34.8 Å². The fourth-order valence-electron chi connectivity index (χ4n) is 1.91. The van der Waals surface area contributed by atoms with Gasteiger partial charge in [-0.25, -0.2) is 0 Å². The van der Waals surface area contributed by atoms with Crippen molar-refractivity contribution in [1.29, 1.82) is 0 Å². The molecule has 0 radical (unpaired) electrons. The third-order valence-corrected chi connectivity index (χ3v) is 3.99. The van der Waals surface area contributed by atoms with Crippen LogP contribution in [0.15, 0.2) is 22.7 Å². The van der Waals surface area contributed by atoms with Gasteiger partial charge in [-0.1, -0.05) is 40.5 Å². The van der Waals surface area contributed by atoms with Crippen molar-refractivity contribution in [2.24, 2.45) is 5.41 Å². The maximum Gasteiger partial charge on any atom is 0.0554 e. The molecule has 4 heteroatoms. The molecular weight excluding hydrogens is 302 g/mol. The molecule has 1 aromatic rings. The molecule has 0 bridgehead atoms. The zero-order chi connectivity index (χ0) is 12.5. The van der Waals surface area contributed by atoms with E-state index in [9.17, 15) is 0 Å². The average Bonchev–Trinajstić information content (AvgIpc) is 2.23. The van der Waals surface area contributed by atoms with Crippen LogP contribution >= 0.6 is 27.5 Å². The summed E-state index contributed by atoms with van der Waals surface area (Å²) in [4.78, 5) is 0. The number of hydrogen-bond acceptors (Lipinski definition) is 2. The second kappa shape index (κ2) is 5.27. The van der Waals surface area contributed by atoms with Crippen LogP contribution in [0.2, 0.25) is 5.02 Å². The molecule has 1 aromatic carbocycles. The lowest BCUT2D eigenvalue weighted by atomic mass is 9.88. The van der Waals surface area contributed by atoms with E-state index in [1.807, 2.05) is 12.1 Å². The van der Waals surface area contributed by atoms with Gasteiger partial charge in [0, 0.05) is 27.5 Å². The Morgan fingerprint density at radius 1 is 1.53 bits per heavy atom. The summed E-state index contributed by atoms with van der Waals surface area (Å²) in [5, 5.41) is 4.32. The molecule has 0 spiro atoms. The lowest BCUT2D eigenvalue weighted by Gasteiger charge is -2.39. The second-order valence-electron chi connectivity index (χ2n) is 5.07. The standard InChI is InChI=1S/C13H17BrClNO/c1-9(16-6-13(2)7-17-8-13)11-4-3-10(14)5-12(11)15/h3-5,9,16H,6-8H2,1-2H3. The van der Waals surface area contributed by atoms with Crippen molar-refractivity contribution < 1.29 is 4.74 Å². The number of nitrogens with one attached hydrogen (secondary N) is 1. The van der Waals surface area contributed by atoms with Gasteiger partial charge in [0.2, 0.25) is 0 Å². The first kappa shape index (κ1) is 13.3. The van der Waals surface area contributed by atoms with Gasteiger partial charge in [0.05, 0.1) is 13.2 Å². The molecule has 0 saturated carbocycles. The summed E-state index contributed by atoms with van der Waals surface area (Å²) in [6.07, 6.45) is 0. The average molecular weight is 319 g/mol. The predicted octanol–water partition coefficient (Wildman–Crippen LogP) is 3.79. The van der Waals surface area contributed by atoms with Crippen molar-refractivity contribution in [3.63, 3.8) is 0 Å². The van der Waals surface area contributed by atoms with Gasteiger partial charge in [0.15, 0.2) is 0 Å². The van der Waals surface area contributed by atoms with Gasteiger partial charge < -0.3 is 10.1 Å². The largest absolute Gasteiger partial charge is 0.380 e. The van der Waals surface area contributed by atoms with Crippen molar-refractivity contribution in [3.8, 4) is 0 Å². The van der Waals surface area contributed by atoms with E-state index >= 15 is 0 Å². The molecule has 1 aliphatic heterocycles. The molecule has 2 rings (SSSR count). The van der Waals surface area contributed by atoms with E-state index < -0.39 is 0 Å². The molecule has 17 heavy (non-hydrogen) atoms. The lowest BCUT2D eigenvalue weighted by Crippen LogP contribution is -2.47. The van der Waals surface area contributed by atoms with Crippen molar-refractivity contribution in [3.05, 3.63) is 33.3 Å². The third-order valence-electron chi connectivity index (χ3n) is 3.17. The minimum absolute atomic E-state index is 0.257.